The van der Waals surface area contributed by atoms with E-state index in [-0.39, 0.29) is 0 Å². The highest BCUT2D eigenvalue weighted by Crippen LogP contribution is 2.17. The predicted octanol–water partition coefficient (Wildman–Crippen LogP) is 0.675. The van der Waals surface area contributed by atoms with Gasteiger partial charge in [0, 0.05) is 0 Å². The van der Waals surface area contributed by atoms with Crippen LogP contribution in [0.3, 0.4) is 0 Å². The van der Waals surface area contributed by atoms with Crippen LogP contribution in [0.5, 0.6) is 0 Å². The highest BCUT2D eigenvalue weighted by Gasteiger charge is 2.29. The van der Waals surface area contributed by atoms with Gasteiger partial charge in [-0.3, -0.25) is 0 Å². The van der Waals surface area contributed by atoms with Crippen molar-refractivity contribution in [2.24, 2.45) is 0 Å². The minimum atomic E-state index is -0.463. The largest absolute Gasteiger partial charge is 0.453 e. The highest BCUT2D eigenvalue weighted by molar-refractivity contribution is 4.79. The molecule has 0 N–H and O–H groups in total. The van der Waals surface area contributed by atoms with E-state index in [9.17, 15) is 0 Å². The van der Waals surface area contributed by atoms with Crippen LogP contribution in [0.2, 0.25) is 0 Å². The summed E-state index contributed by atoms with van der Waals surface area (Å²) in [6.45, 7) is 0. The van der Waals surface area contributed by atoms with Gasteiger partial charge < -0.3 is 18.9 Å². The molecule has 10 heavy (non-hydrogen) atoms. The fourth-order valence-electron chi connectivity index (χ4n) is 0.759. The second-order valence-corrected chi connectivity index (χ2v) is 1.83. The van der Waals surface area contributed by atoms with Crippen LogP contribution in [0.1, 0.15) is 0 Å². The monoisotopic (exact) mass is 142 g/mol. The lowest BCUT2D eigenvalue weighted by molar-refractivity contribution is -0.250. The Kier molecular flexibility index (Phi) is 1.16. The first kappa shape index (κ1) is 5.46. The van der Waals surface area contributed by atoms with Crippen LogP contribution >= 0.6 is 0 Å². The van der Waals surface area contributed by atoms with Crippen LogP contribution in [-0.2, 0) is 18.9 Å². The number of hydrogen-bond donors (Lipinski definition) is 0. The van der Waals surface area contributed by atoms with Crippen LogP contribution in [-0.4, -0.2) is 12.6 Å². The summed E-state index contributed by atoms with van der Waals surface area (Å²) < 4.78 is 19.9. The molecule has 0 aromatic carbocycles. The summed E-state index contributed by atoms with van der Waals surface area (Å²) in [6.07, 6.45) is 4.76. The van der Waals surface area contributed by atoms with Crippen molar-refractivity contribution in [3.05, 3.63) is 25.0 Å². The van der Waals surface area contributed by atoms with E-state index in [4.69, 9.17) is 18.9 Å². The molecule has 0 amide bonds. The fraction of sp³-hybridized carbons (Fsp3) is 0.333. The normalized spacial score (nSPS) is 34.4. The molecular weight excluding hydrogens is 136 g/mol. The van der Waals surface area contributed by atoms with Crippen molar-refractivity contribution in [1.82, 2.24) is 0 Å². The van der Waals surface area contributed by atoms with Gasteiger partial charge in [-0.1, -0.05) is 0 Å². The van der Waals surface area contributed by atoms with Gasteiger partial charge in [-0.2, -0.15) is 0 Å². The van der Waals surface area contributed by atoms with E-state index >= 15 is 0 Å². The number of rotatable bonds is 0. The Morgan fingerprint density at radius 1 is 0.600 bits per heavy atom. The van der Waals surface area contributed by atoms with E-state index in [0.717, 1.165) is 0 Å². The molecule has 0 unspecified atom stereocenters. The van der Waals surface area contributed by atoms with Gasteiger partial charge in [0.15, 0.2) is 0 Å². The van der Waals surface area contributed by atoms with Crippen molar-refractivity contribution in [3.63, 3.8) is 0 Å². The van der Waals surface area contributed by atoms with Gasteiger partial charge in [-0.25, -0.2) is 0 Å². The van der Waals surface area contributed by atoms with Crippen molar-refractivity contribution in [2.75, 3.05) is 0 Å². The lowest BCUT2D eigenvalue weighted by Crippen LogP contribution is -2.36. The lowest BCUT2D eigenvalue weighted by atomic mass is 10.5. The molecule has 0 aliphatic carbocycles. The summed E-state index contributed by atoms with van der Waals surface area (Å²) in [6, 6.07) is 0. The third-order valence-corrected chi connectivity index (χ3v) is 1.18. The van der Waals surface area contributed by atoms with E-state index in [1.165, 1.54) is 25.0 Å². The molecule has 0 bridgehead atoms. The maximum atomic E-state index is 4.98. The third-order valence-electron chi connectivity index (χ3n) is 1.18. The van der Waals surface area contributed by atoms with Crippen molar-refractivity contribution in [3.8, 4) is 0 Å². The molecule has 4 heteroatoms. The molecular formula is C6H6O4. The molecule has 0 saturated carbocycles. The van der Waals surface area contributed by atoms with E-state index < -0.39 is 12.6 Å². The first-order chi connectivity index (χ1) is 4.97. The second kappa shape index (κ2) is 2.13. The van der Waals surface area contributed by atoms with Gasteiger partial charge >= 0.3 is 12.6 Å². The van der Waals surface area contributed by atoms with E-state index in [1.54, 1.807) is 0 Å². The Hall–Kier alpha value is -1.32. The molecule has 54 valence electrons. The van der Waals surface area contributed by atoms with Gasteiger partial charge in [0.1, 0.15) is 25.0 Å². The molecule has 0 fully saturated rings. The minimum absolute atomic E-state index is 0.463. The molecule has 2 aliphatic heterocycles. The Morgan fingerprint density at radius 3 is 1.20 bits per heavy atom. The van der Waals surface area contributed by atoms with Crippen LogP contribution < -0.4 is 0 Å². The molecule has 2 heterocycles. The summed E-state index contributed by atoms with van der Waals surface area (Å²) >= 11 is 0. The van der Waals surface area contributed by atoms with Crippen molar-refractivity contribution in [1.29, 1.82) is 0 Å². The van der Waals surface area contributed by atoms with Crippen molar-refractivity contribution >= 4 is 0 Å². The summed E-state index contributed by atoms with van der Waals surface area (Å²) in [4.78, 5) is 0. The Balaban J connectivity index is 2.09. The summed E-state index contributed by atoms with van der Waals surface area (Å²) in [5.41, 5.74) is 0. The van der Waals surface area contributed by atoms with Crippen molar-refractivity contribution in [2.45, 2.75) is 12.6 Å². The maximum Gasteiger partial charge on any atom is 0.315 e. The average molecular weight is 142 g/mol. The molecule has 0 aromatic heterocycles. The topological polar surface area (TPSA) is 36.9 Å². The highest BCUT2D eigenvalue weighted by atomic mass is 16.8. The molecule has 0 aromatic rings. The van der Waals surface area contributed by atoms with Gasteiger partial charge in [0.2, 0.25) is 0 Å². The van der Waals surface area contributed by atoms with Gasteiger partial charge in [-0.15, -0.1) is 0 Å². The zero-order valence-corrected chi connectivity index (χ0v) is 5.10. The Labute approximate surface area is 57.6 Å². The quantitative estimate of drug-likeness (QED) is 0.498. The van der Waals surface area contributed by atoms with Gasteiger partial charge in [-0.05, 0) is 0 Å². The zero-order valence-electron chi connectivity index (χ0n) is 5.10. The summed E-state index contributed by atoms with van der Waals surface area (Å²) in [5.74, 6) is 0. The SMILES string of the molecule is C1=COC2OC=COC2O1. The van der Waals surface area contributed by atoms with Crippen LogP contribution in [0, 0.1) is 0 Å². The molecule has 0 saturated heterocycles. The summed E-state index contributed by atoms with van der Waals surface area (Å²) in [5, 5.41) is 0. The van der Waals surface area contributed by atoms with Crippen LogP contribution in [0.15, 0.2) is 25.0 Å². The molecule has 2 rings (SSSR count). The maximum absolute atomic E-state index is 4.98. The lowest BCUT2D eigenvalue weighted by Gasteiger charge is -2.29. The van der Waals surface area contributed by atoms with E-state index in [2.05, 4.69) is 0 Å². The molecule has 0 radical (unpaired) electrons. The number of hydrogen-bond acceptors (Lipinski definition) is 4. The zero-order chi connectivity index (χ0) is 6.81. The molecule has 0 atom stereocenters. The second-order valence-electron chi connectivity index (χ2n) is 1.83. The van der Waals surface area contributed by atoms with Crippen LogP contribution in [0.25, 0.3) is 0 Å². The predicted molar refractivity (Wildman–Crippen MR) is 30.2 cm³/mol. The third kappa shape index (κ3) is 0.775. The van der Waals surface area contributed by atoms with E-state index in [0.29, 0.717) is 0 Å². The fourth-order valence-corrected chi connectivity index (χ4v) is 0.759. The van der Waals surface area contributed by atoms with Crippen molar-refractivity contribution < 1.29 is 18.9 Å². The van der Waals surface area contributed by atoms with Crippen LogP contribution in [0.4, 0.5) is 0 Å². The smallest absolute Gasteiger partial charge is 0.315 e. The van der Waals surface area contributed by atoms with E-state index in [1.807, 2.05) is 0 Å². The molecule has 4 nitrogen and oxygen atoms in total. The summed E-state index contributed by atoms with van der Waals surface area (Å²) in [7, 11) is 0. The number of ether oxygens (including phenoxy) is 4. The molecule has 2 aliphatic rings. The van der Waals surface area contributed by atoms with Gasteiger partial charge in [0.05, 0.1) is 0 Å². The minimum Gasteiger partial charge on any atom is -0.453 e. The Morgan fingerprint density at radius 2 is 0.900 bits per heavy atom. The first-order valence-corrected chi connectivity index (χ1v) is 2.89. The molecule has 0 spiro atoms. The first-order valence-electron chi connectivity index (χ1n) is 2.89. The number of fused-ring (bicyclic) bond motifs is 1. The van der Waals surface area contributed by atoms with Gasteiger partial charge in [0.25, 0.3) is 0 Å². The Bertz CT molecular complexity index is 139. The average Bonchev–Trinajstić information content (AvgIpc) is 2.05. The standard InChI is InChI=1S/C6H6O4/c1-2-8-6-5(7-1)9-3-4-10-6/h1-6H.